The number of Topliss-reactive ketones (excluding diaryl/α,β-unsaturated/α-hetero) is 1. The van der Waals surface area contributed by atoms with Crippen molar-refractivity contribution in [2.45, 2.75) is 45.3 Å². The van der Waals surface area contributed by atoms with E-state index >= 15 is 0 Å². The topological polar surface area (TPSA) is 106 Å². The van der Waals surface area contributed by atoms with Crippen LogP contribution in [0.2, 0.25) is 0 Å². The molecule has 0 fully saturated rings. The SMILES string of the molecule is COCc1c(-c2ccc(F)cc2)c(C=CC(O)CC(=O)CC(=O)O)c(C(C)C)n(C)c1=O. The maximum Gasteiger partial charge on any atom is 0.310 e. The lowest BCUT2D eigenvalue weighted by molar-refractivity contribution is -0.140. The third kappa shape index (κ3) is 5.99. The highest BCUT2D eigenvalue weighted by Gasteiger charge is 2.22. The molecule has 0 aliphatic carbocycles. The second kappa shape index (κ2) is 11.0. The number of pyridine rings is 1. The second-order valence-electron chi connectivity index (χ2n) is 7.85. The summed E-state index contributed by atoms with van der Waals surface area (Å²) in [5, 5.41) is 19.0. The van der Waals surface area contributed by atoms with Crippen molar-refractivity contribution in [2.75, 3.05) is 7.11 Å². The van der Waals surface area contributed by atoms with Gasteiger partial charge in [0.1, 0.15) is 18.0 Å². The third-order valence-electron chi connectivity index (χ3n) is 5.01. The number of aromatic nitrogens is 1. The van der Waals surface area contributed by atoms with Crippen molar-refractivity contribution in [2.24, 2.45) is 7.05 Å². The average Bonchev–Trinajstić information content (AvgIpc) is 2.70. The number of rotatable bonds is 10. The zero-order valence-electron chi connectivity index (χ0n) is 18.6. The minimum Gasteiger partial charge on any atom is -0.481 e. The molecule has 172 valence electrons. The Morgan fingerprint density at radius 1 is 1.22 bits per heavy atom. The predicted molar refractivity (Wildman–Crippen MR) is 119 cm³/mol. The minimum absolute atomic E-state index is 0.0260. The molecule has 2 N–H and O–H groups in total. The summed E-state index contributed by atoms with van der Waals surface area (Å²) in [5.74, 6) is -2.35. The molecule has 2 rings (SSSR count). The summed E-state index contributed by atoms with van der Waals surface area (Å²) < 4.78 is 20.3. The molecule has 1 aromatic carbocycles. The first-order chi connectivity index (χ1) is 15.1. The number of ketones is 1. The van der Waals surface area contributed by atoms with Crippen LogP contribution in [-0.2, 0) is 28.0 Å². The van der Waals surface area contributed by atoms with Gasteiger partial charge in [-0.3, -0.25) is 14.4 Å². The Morgan fingerprint density at radius 2 is 1.84 bits per heavy atom. The molecular formula is C24H28FNO6. The summed E-state index contributed by atoms with van der Waals surface area (Å²) in [7, 11) is 3.12. The molecule has 0 saturated heterocycles. The Balaban J connectivity index is 2.69. The highest BCUT2D eigenvalue weighted by Crippen LogP contribution is 2.33. The van der Waals surface area contributed by atoms with E-state index in [-0.39, 0.29) is 24.5 Å². The average molecular weight is 445 g/mol. The third-order valence-corrected chi connectivity index (χ3v) is 5.01. The van der Waals surface area contributed by atoms with Crippen LogP contribution in [0.15, 0.2) is 35.1 Å². The second-order valence-corrected chi connectivity index (χ2v) is 7.85. The first kappa shape index (κ1) is 25.2. The Hall–Kier alpha value is -3.10. The standard InChI is InChI=1S/C24H28FNO6/c1-14(2)23-19(10-9-17(27)11-18(28)12-21(29)30)22(15-5-7-16(25)8-6-15)20(13-32-4)24(31)26(23)3/h5-10,14,17,27H,11-13H2,1-4H3,(H,29,30). The van der Waals surface area contributed by atoms with Crippen molar-refractivity contribution < 1.29 is 28.9 Å². The Morgan fingerprint density at radius 3 is 2.38 bits per heavy atom. The molecule has 8 heteroatoms. The molecule has 1 atom stereocenters. The number of aliphatic hydroxyl groups excluding tert-OH is 1. The van der Waals surface area contributed by atoms with Gasteiger partial charge in [-0.2, -0.15) is 0 Å². The van der Waals surface area contributed by atoms with E-state index < -0.39 is 30.1 Å². The summed E-state index contributed by atoms with van der Waals surface area (Å²) in [6, 6.07) is 5.73. The Bertz CT molecular complexity index is 1070. The van der Waals surface area contributed by atoms with Crippen LogP contribution in [0.25, 0.3) is 17.2 Å². The van der Waals surface area contributed by atoms with Crippen LogP contribution in [0.1, 0.15) is 49.4 Å². The number of aliphatic carboxylic acids is 1. The van der Waals surface area contributed by atoms with Crippen molar-refractivity contribution in [1.29, 1.82) is 0 Å². The first-order valence-corrected chi connectivity index (χ1v) is 10.2. The zero-order chi connectivity index (χ0) is 24.0. The van der Waals surface area contributed by atoms with Gasteiger partial charge in [0.05, 0.1) is 18.3 Å². The molecule has 0 bridgehead atoms. The number of methoxy groups -OCH3 is 1. The molecule has 0 spiro atoms. The van der Waals surface area contributed by atoms with Gasteiger partial charge in [0, 0.05) is 37.4 Å². The smallest absolute Gasteiger partial charge is 0.310 e. The van der Waals surface area contributed by atoms with E-state index in [1.54, 1.807) is 25.3 Å². The maximum absolute atomic E-state index is 13.6. The molecule has 1 heterocycles. The first-order valence-electron chi connectivity index (χ1n) is 10.2. The largest absolute Gasteiger partial charge is 0.481 e. The van der Waals surface area contributed by atoms with E-state index in [2.05, 4.69) is 0 Å². The molecule has 7 nitrogen and oxygen atoms in total. The van der Waals surface area contributed by atoms with E-state index in [1.807, 2.05) is 13.8 Å². The molecule has 0 amide bonds. The number of aliphatic hydroxyl groups is 1. The molecule has 0 radical (unpaired) electrons. The maximum atomic E-state index is 13.6. The number of carbonyl (C=O) groups is 2. The van der Waals surface area contributed by atoms with Crippen molar-refractivity contribution >= 4 is 17.8 Å². The van der Waals surface area contributed by atoms with E-state index in [9.17, 15) is 23.9 Å². The lowest BCUT2D eigenvalue weighted by Crippen LogP contribution is -2.28. The van der Waals surface area contributed by atoms with E-state index in [1.165, 1.54) is 29.9 Å². The number of carbonyl (C=O) groups excluding carboxylic acids is 1. The van der Waals surface area contributed by atoms with Crippen molar-refractivity contribution in [3.05, 3.63) is 63.3 Å². The van der Waals surface area contributed by atoms with Gasteiger partial charge in [-0.1, -0.05) is 38.1 Å². The molecule has 0 aliphatic rings. The fourth-order valence-corrected chi connectivity index (χ4v) is 3.73. The van der Waals surface area contributed by atoms with Crippen LogP contribution in [0.3, 0.4) is 0 Å². The normalized spacial score (nSPS) is 12.5. The number of hydrogen-bond acceptors (Lipinski definition) is 5. The molecule has 1 aromatic heterocycles. The summed E-state index contributed by atoms with van der Waals surface area (Å²) in [6.45, 7) is 3.87. The van der Waals surface area contributed by atoms with Gasteiger partial charge < -0.3 is 19.5 Å². The highest BCUT2D eigenvalue weighted by molar-refractivity contribution is 5.95. The van der Waals surface area contributed by atoms with E-state index in [4.69, 9.17) is 9.84 Å². The van der Waals surface area contributed by atoms with Gasteiger partial charge in [0.15, 0.2) is 0 Å². The number of carboxylic acid groups (broad SMARTS) is 1. The van der Waals surface area contributed by atoms with Gasteiger partial charge in [-0.15, -0.1) is 0 Å². The van der Waals surface area contributed by atoms with Gasteiger partial charge in [0.25, 0.3) is 5.56 Å². The lowest BCUT2D eigenvalue weighted by atomic mass is 9.90. The number of halogens is 1. The lowest BCUT2D eigenvalue weighted by Gasteiger charge is -2.22. The molecule has 1 unspecified atom stereocenters. The number of carboxylic acids is 1. The van der Waals surface area contributed by atoms with Crippen LogP contribution in [0.4, 0.5) is 4.39 Å². The fraction of sp³-hybridized carbons (Fsp3) is 0.375. The van der Waals surface area contributed by atoms with Crippen LogP contribution < -0.4 is 5.56 Å². The van der Waals surface area contributed by atoms with Crippen LogP contribution in [0, 0.1) is 5.82 Å². The van der Waals surface area contributed by atoms with Crippen molar-refractivity contribution in [3.63, 3.8) is 0 Å². The summed E-state index contributed by atoms with van der Waals surface area (Å²) in [4.78, 5) is 35.5. The van der Waals surface area contributed by atoms with Gasteiger partial charge in [0.2, 0.25) is 0 Å². The molecule has 0 aliphatic heterocycles. The van der Waals surface area contributed by atoms with Gasteiger partial charge in [-0.25, -0.2) is 4.39 Å². The number of hydrogen-bond donors (Lipinski definition) is 2. The summed E-state index contributed by atoms with van der Waals surface area (Å²) in [6.07, 6.45) is 0.801. The van der Waals surface area contributed by atoms with Crippen LogP contribution in [0.5, 0.6) is 0 Å². The van der Waals surface area contributed by atoms with Gasteiger partial charge >= 0.3 is 5.97 Å². The molecule has 0 saturated carbocycles. The fourth-order valence-electron chi connectivity index (χ4n) is 3.73. The monoisotopic (exact) mass is 445 g/mol. The Labute approximate surface area is 185 Å². The summed E-state index contributed by atoms with van der Waals surface area (Å²) >= 11 is 0. The highest BCUT2D eigenvalue weighted by atomic mass is 19.1. The van der Waals surface area contributed by atoms with Crippen LogP contribution in [-0.4, -0.2) is 39.7 Å². The van der Waals surface area contributed by atoms with E-state index in [0.29, 0.717) is 27.9 Å². The van der Waals surface area contributed by atoms with Crippen molar-refractivity contribution in [1.82, 2.24) is 4.57 Å². The molecule has 2 aromatic rings. The van der Waals surface area contributed by atoms with E-state index in [0.717, 1.165) is 0 Å². The molecule has 32 heavy (non-hydrogen) atoms. The minimum atomic E-state index is -1.26. The van der Waals surface area contributed by atoms with Crippen molar-refractivity contribution in [3.8, 4) is 11.1 Å². The van der Waals surface area contributed by atoms with Gasteiger partial charge in [-0.05, 0) is 23.6 Å². The molecular weight excluding hydrogens is 417 g/mol. The number of benzene rings is 1. The number of ether oxygens (including phenoxy) is 1. The predicted octanol–water partition coefficient (Wildman–Crippen LogP) is 3.27. The summed E-state index contributed by atoms with van der Waals surface area (Å²) in [5.41, 5.74) is 2.61. The van der Waals surface area contributed by atoms with Crippen LogP contribution >= 0.6 is 0 Å². The quantitative estimate of drug-likeness (QED) is 0.544. The zero-order valence-corrected chi connectivity index (χ0v) is 18.6. The number of nitrogens with zero attached hydrogens (tertiary/aromatic N) is 1. The Kier molecular flexibility index (Phi) is 8.63.